The number of carbonyl (C=O) groups is 2. The molecule has 3 rings (SSSR count). The Labute approximate surface area is 97.3 Å². The van der Waals surface area contributed by atoms with E-state index in [-0.39, 0.29) is 18.0 Å². The van der Waals surface area contributed by atoms with Crippen molar-refractivity contribution in [2.75, 3.05) is 0 Å². The number of carbonyl (C=O) groups excluding carboxylic acids is 2. The van der Waals surface area contributed by atoms with Gasteiger partial charge in [0.1, 0.15) is 6.10 Å². The number of fused-ring (bicyclic) bond motifs is 1. The van der Waals surface area contributed by atoms with E-state index < -0.39 is 12.3 Å². The zero-order valence-corrected chi connectivity index (χ0v) is 8.87. The second kappa shape index (κ2) is 3.76. The Morgan fingerprint density at radius 3 is 2.94 bits per heavy atom. The van der Waals surface area contributed by atoms with Crippen LogP contribution in [0.3, 0.4) is 0 Å². The summed E-state index contributed by atoms with van der Waals surface area (Å²) in [4.78, 5) is 22.3. The van der Waals surface area contributed by atoms with Crippen LogP contribution < -0.4 is 0 Å². The van der Waals surface area contributed by atoms with Crippen LogP contribution in [0.25, 0.3) is 0 Å². The number of rotatable bonds is 2. The summed E-state index contributed by atoms with van der Waals surface area (Å²) >= 11 is 0. The highest BCUT2D eigenvalue weighted by Crippen LogP contribution is 2.35. The van der Waals surface area contributed by atoms with Crippen LogP contribution in [0.15, 0.2) is 36.1 Å². The summed E-state index contributed by atoms with van der Waals surface area (Å²) in [5.41, 5.74) is 0.472. The van der Waals surface area contributed by atoms with Gasteiger partial charge in [0.2, 0.25) is 0 Å². The Morgan fingerprint density at radius 1 is 1.29 bits per heavy atom. The van der Waals surface area contributed by atoms with E-state index in [0.29, 0.717) is 5.57 Å². The van der Waals surface area contributed by atoms with Crippen LogP contribution in [-0.2, 0) is 23.8 Å². The first-order valence-corrected chi connectivity index (χ1v) is 5.36. The highest BCUT2D eigenvalue weighted by Gasteiger charge is 2.40. The van der Waals surface area contributed by atoms with E-state index >= 15 is 0 Å². The standard InChI is InChI=1S/C12H10O5/c13-10-4-5-11(17-10)15-6-8-7-2-1-3-9(7)16-12(8)14/h1-2,4-7,9,11H,3H2/b8-6+/t7-,9-,11-/m1/s1. The number of ether oxygens (including phenoxy) is 3. The maximum atomic E-state index is 11.5. The van der Waals surface area contributed by atoms with Crippen molar-refractivity contribution >= 4 is 11.9 Å². The minimum Gasteiger partial charge on any atom is -0.458 e. The molecule has 5 heteroatoms. The molecule has 0 radical (unpaired) electrons. The second-order valence-electron chi connectivity index (χ2n) is 4.01. The zero-order chi connectivity index (χ0) is 11.8. The third-order valence-electron chi connectivity index (χ3n) is 2.92. The van der Waals surface area contributed by atoms with E-state index in [1.54, 1.807) is 0 Å². The lowest BCUT2D eigenvalue weighted by atomic mass is 10.0. The summed E-state index contributed by atoms with van der Waals surface area (Å²) in [5.74, 6) is -0.845. The van der Waals surface area contributed by atoms with Gasteiger partial charge < -0.3 is 14.2 Å². The summed E-state index contributed by atoms with van der Waals surface area (Å²) < 4.78 is 15.1. The minimum absolute atomic E-state index is 0.0383. The van der Waals surface area contributed by atoms with Crippen LogP contribution in [-0.4, -0.2) is 24.3 Å². The lowest BCUT2D eigenvalue weighted by molar-refractivity contribution is -0.151. The van der Waals surface area contributed by atoms with Gasteiger partial charge in [-0.3, -0.25) is 0 Å². The largest absolute Gasteiger partial charge is 0.458 e. The molecule has 1 fully saturated rings. The Bertz CT molecular complexity index is 460. The van der Waals surface area contributed by atoms with E-state index in [2.05, 4.69) is 0 Å². The first kappa shape index (κ1) is 10.1. The van der Waals surface area contributed by atoms with Crippen LogP contribution in [0, 0.1) is 5.92 Å². The quantitative estimate of drug-likeness (QED) is 0.306. The highest BCUT2D eigenvalue weighted by molar-refractivity contribution is 5.92. The van der Waals surface area contributed by atoms with Crippen molar-refractivity contribution in [1.29, 1.82) is 0 Å². The van der Waals surface area contributed by atoms with Crippen molar-refractivity contribution in [3.05, 3.63) is 36.1 Å². The maximum Gasteiger partial charge on any atom is 0.338 e. The zero-order valence-electron chi connectivity index (χ0n) is 8.87. The molecule has 3 aliphatic rings. The first-order chi connectivity index (χ1) is 8.24. The Morgan fingerprint density at radius 2 is 2.18 bits per heavy atom. The molecule has 88 valence electrons. The molecule has 2 aliphatic heterocycles. The van der Waals surface area contributed by atoms with Gasteiger partial charge in [0.05, 0.1) is 11.8 Å². The maximum absolute atomic E-state index is 11.5. The Balaban J connectivity index is 1.71. The second-order valence-corrected chi connectivity index (χ2v) is 4.01. The molecule has 1 aliphatic carbocycles. The van der Waals surface area contributed by atoms with E-state index in [1.807, 2.05) is 12.2 Å². The molecule has 0 saturated carbocycles. The molecule has 17 heavy (non-hydrogen) atoms. The molecular formula is C12H10O5. The van der Waals surface area contributed by atoms with Gasteiger partial charge in [0, 0.05) is 24.5 Å². The van der Waals surface area contributed by atoms with Gasteiger partial charge >= 0.3 is 11.9 Å². The van der Waals surface area contributed by atoms with Crippen molar-refractivity contribution < 1.29 is 23.8 Å². The summed E-state index contributed by atoms with van der Waals surface area (Å²) in [6.07, 6.45) is 7.91. The molecule has 2 heterocycles. The van der Waals surface area contributed by atoms with E-state index in [0.717, 1.165) is 6.42 Å². The summed E-state index contributed by atoms with van der Waals surface area (Å²) in [5, 5.41) is 0. The number of hydrogen-bond donors (Lipinski definition) is 0. The van der Waals surface area contributed by atoms with Gasteiger partial charge in [-0.15, -0.1) is 0 Å². The molecule has 5 nitrogen and oxygen atoms in total. The van der Waals surface area contributed by atoms with Crippen LogP contribution in [0.2, 0.25) is 0 Å². The van der Waals surface area contributed by atoms with E-state index in [1.165, 1.54) is 18.4 Å². The summed E-state index contributed by atoms with van der Waals surface area (Å²) in [6, 6.07) is 0. The molecular weight excluding hydrogens is 224 g/mol. The van der Waals surface area contributed by atoms with Crippen molar-refractivity contribution in [3.63, 3.8) is 0 Å². The van der Waals surface area contributed by atoms with E-state index in [9.17, 15) is 9.59 Å². The fourth-order valence-electron chi connectivity index (χ4n) is 2.09. The summed E-state index contributed by atoms with van der Waals surface area (Å²) in [6.45, 7) is 0. The fourth-order valence-corrected chi connectivity index (χ4v) is 2.09. The molecule has 3 atom stereocenters. The first-order valence-electron chi connectivity index (χ1n) is 5.36. The average molecular weight is 234 g/mol. The Kier molecular flexibility index (Phi) is 2.24. The van der Waals surface area contributed by atoms with Crippen molar-refractivity contribution in [1.82, 2.24) is 0 Å². The number of hydrogen-bond acceptors (Lipinski definition) is 5. The smallest absolute Gasteiger partial charge is 0.338 e. The van der Waals surface area contributed by atoms with E-state index in [4.69, 9.17) is 14.2 Å². The van der Waals surface area contributed by atoms with Crippen molar-refractivity contribution in [3.8, 4) is 0 Å². The lowest BCUT2D eigenvalue weighted by Crippen LogP contribution is -2.11. The molecule has 1 saturated heterocycles. The van der Waals surface area contributed by atoms with Crippen LogP contribution in [0.1, 0.15) is 6.42 Å². The van der Waals surface area contributed by atoms with Gasteiger partial charge in [-0.25, -0.2) is 9.59 Å². The van der Waals surface area contributed by atoms with Crippen molar-refractivity contribution in [2.24, 2.45) is 5.92 Å². The fraction of sp³-hybridized carbons (Fsp3) is 0.333. The predicted molar refractivity (Wildman–Crippen MR) is 55.3 cm³/mol. The molecule has 0 aromatic carbocycles. The third-order valence-corrected chi connectivity index (χ3v) is 2.92. The minimum atomic E-state index is -0.743. The number of cyclic esters (lactones) is 1. The van der Waals surface area contributed by atoms with Gasteiger partial charge in [0.15, 0.2) is 0 Å². The molecule has 0 bridgehead atoms. The predicted octanol–water partition coefficient (Wildman–Crippen LogP) is 0.827. The van der Waals surface area contributed by atoms with Crippen LogP contribution in [0.4, 0.5) is 0 Å². The molecule has 0 amide bonds. The Hall–Kier alpha value is -2.04. The van der Waals surface area contributed by atoms with Crippen LogP contribution >= 0.6 is 0 Å². The van der Waals surface area contributed by atoms with Gasteiger partial charge in [-0.2, -0.15) is 0 Å². The molecule has 0 N–H and O–H groups in total. The molecule has 0 unspecified atom stereocenters. The topological polar surface area (TPSA) is 61.8 Å². The lowest BCUT2D eigenvalue weighted by Gasteiger charge is -2.09. The van der Waals surface area contributed by atoms with Crippen molar-refractivity contribution in [2.45, 2.75) is 18.8 Å². The molecule has 0 spiro atoms. The number of esters is 2. The SMILES string of the molecule is O=C1C=C[C@H](O/C=C2/C(=O)O[C@@H]3CC=C[C@H]23)O1. The summed E-state index contributed by atoms with van der Waals surface area (Å²) in [7, 11) is 0. The van der Waals surface area contributed by atoms with Crippen LogP contribution in [0.5, 0.6) is 0 Å². The van der Waals surface area contributed by atoms with Gasteiger partial charge in [0.25, 0.3) is 6.29 Å². The average Bonchev–Trinajstić information content (AvgIpc) is 2.93. The highest BCUT2D eigenvalue weighted by atomic mass is 16.7. The van der Waals surface area contributed by atoms with Gasteiger partial charge in [-0.05, 0) is 0 Å². The monoisotopic (exact) mass is 234 g/mol. The molecule has 0 aromatic heterocycles. The third kappa shape index (κ3) is 1.73. The molecule has 0 aromatic rings. The normalized spacial score (nSPS) is 36.2. The van der Waals surface area contributed by atoms with Gasteiger partial charge in [-0.1, -0.05) is 12.2 Å².